The van der Waals surface area contributed by atoms with Gasteiger partial charge in [-0.1, -0.05) is 30.0 Å². The zero-order valence-corrected chi connectivity index (χ0v) is 16.9. The summed E-state index contributed by atoms with van der Waals surface area (Å²) in [6.07, 6.45) is -2.53. The second-order valence-corrected chi connectivity index (χ2v) is 7.91. The quantitative estimate of drug-likeness (QED) is 0.533. The maximum Gasteiger partial charge on any atom is 0.303 e. The number of hydrogen-bond donors (Lipinski definition) is 0. The molecule has 2 fully saturated rings. The summed E-state index contributed by atoms with van der Waals surface area (Å²) in [5.41, 5.74) is -0.416. The Hall–Kier alpha value is -2.10. The summed E-state index contributed by atoms with van der Waals surface area (Å²) in [5.74, 6) is -1.94. The third-order valence-corrected chi connectivity index (χ3v) is 5.84. The molecule has 1 saturated carbocycles. The van der Waals surface area contributed by atoms with Crippen LogP contribution in [0.4, 0.5) is 0 Å². The van der Waals surface area contributed by atoms with E-state index in [4.69, 9.17) is 19.0 Å². The van der Waals surface area contributed by atoms with E-state index in [1.807, 2.05) is 30.3 Å². The van der Waals surface area contributed by atoms with Gasteiger partial charge in [0.05, 0.1) is 12.0 Å². The van der Waals surface area contributed by atoms with Crippen LogP contribution in [0.5, 0.6) is 0 Å². The van der Waals surface area contributed by atoms with Crippen LogP contribution in [0.2, 0.25) is 0 Å². The summed E-state index contributed by atoms with van der Waals surface area (Å²) in [5, 5.41) is 1.60. The van der Waals surface area contributed by atoms with Crippen molar-refractivity contribution < 1.29 is 33.4 Å². The molecule has 0 radical (unpaired) electrons. The predicted octanol–water partition coefficient (Wildman–Crippen LogP) is 1.78. The number of fused-ring (bicyclic) bond motifs is 1. The minimum absolute atomic E-state index is 0.368. The van der Waals surface area contributed by atoms with Crippen molar-refractivity contribution in [2.45, 2.75) is 55.5 Å². The molecule has 1 aliphatic heterocycles. The standard InChI is InChI=1S/C19H23NO7S/c1-10(21)24-16-14-15(17(25-11(2)22)18(16)26-12(3)23)20(4)27-19(14)28-13-8-6-5-7-9-13/h5-9,14-19H,1-4H3/t14-,15-,16-,17-,18-,19+/m1/s1. The van der Waals surface area contributed by atoms with Gasteiger partial charge in [-0.15, -0.1) is 0 Å². The summed E-state index contributed by atoms with van der Waals surface area (Å²) >= 11 is 1.47. The lowest BCUT2D eigenvalue weighted by molar-refractivity contribution is -0.193. The molecule has 0 aromatic heterocycles. The van der Waals surface area contributed by atoms with Crippen LogP contribution in [-0.4, -0.2) is 59.8 Å². The van der Waals surface area contributed by atoms with Crippen molar-refractivity contribution in [3.05, 3.63) is 30.3 Å². The average Bonchev–Trinajstić information content (AvgIpc) is 3.05. The van der Waals surface area contributed by atoms with Gasteiger partial charge in [-0.05, 0) is 12.1 Å². The molecule has 9 heteroatoms. The van der Waals surface area contributed by atoms with Crippen molar-refractivity contribution in [2.24, 2.45) is 5.92 Å². The number of esters is 3. The lowest BCUT2D eigenvalue weighted by atomic mass is 10.0. The van der Waals surface area contributed by atoms with Gasteiger partial charge in [0.25, 0.3) is 0 Å². The van der Waals surface area contributed by atoms with Crippen LogP contribution in [0.15, 0.2) is 35.2 Å². The molecule has 1 heterocycles. The van der Waals surface area contributed by atoms with E-state index < -0.39 is 47.7 Å². The molecule has 6 atom stereocenters. The molecule has 3 rings (SSSR count). The number of ether oxygens (including phenoxy) is 3. The normalized spacial score (nSPS) is 31.9. The monoisotopic (exact) mass is 409 g/mol. The van der Waals surface area contributed by atoms with E-state index >= 15 is 0 Å². The fraction of sp³-hybridized carbons (Fsp3) is 0.526. The highest BCUT2D eigenvalue weighted by molar-refractivity contribution is 7.99. The molecule has 1 aromatic rings. The Kier molecular flexibility index (Phi) is 6.26. The topological polar surface area (TPSA) is 91.4 Å². The Bertz CT molecular complexity index is 743. The maximum absolute atomic E-state index is 11.8. The predicted molar refractivity (Wildman–Crippen MR) is 98.9 cm³/mol. The van der Waals surface area contributed by atoms with Gasteiger partial charge in [0.15, 0.2) is 18.3 Å². The highest BCUT2D eigenvalue weighted by Crippen LogP contribution is 2.48. The fourth-order valence-corrected chi connectivity index (χ4v) is 5.04. The zero-order chi connectivity index (χ0) is 20.4. The van der Waals surface area contributed by atoms with Crippen LogP contribution in [0.1, 0.15) is 20.8 Å². The molecular weight excluding hydrogens is 386 g/mol. The van der Waals surface area contributed by atoms with Gasteiger partial charge < -0.3 is 14.2 Å². The summed E-state index contributed by atoms with van der Waals surface area (Å²) in [6, 6.07) is 9.21. The van der Waals surface area contributed by atoms with E-state index in [0.29, 0.717) is 0 Å². The number of carbonyl (C=O) groups excluding carboxylic acids is 3. The van der Waals surface area contributed by atoms with E-state index in [9.17, 15) is 14.4 Å². The SMILES string of the molecule is CC(=O)O[C@@H]1[C@H](OC(C)=O)[C@H]2[C@H]([C@H]1OC(C)=O)N(C)O[C@H]2Sc1ccccc1. The number of likely N-dealkylation sites (N-methyl/N-ethyl adjacent to an activating group) is 1. The molecule has 28 heavy (non-hydrogen) atoms. The van der Waals surface area contributed by atoms with Crippen LogP contribution in [0, 0.1) is 5.92 Å². The number of carbonyl (C=O) groups is 3. The first-order valence-corrected chi connectivity index (χ1v) is 9.79. The second-order valence-electron chi connectivity index (χ2n) is 6.74. The Balaban J connectivity index is 1.95. The van der Waals surface area contributed by atoms with E-state index in [0.717, 1.165) is 4.90 Å². The van der Waals surface area contributed by atoms with Crippen molar-refractivity contribution >= 4 is 29.7 Å². The molecule has 0 N–H and O–H groups in total. The average molecular weight is 409 g/mol. The zero-order valence-electron chi connectivity index (χ0n) is 16.1. The highest BCUT2D eigenvalue weighted by atomic mass is 32.2. The van der Waals surface area contributed by atoms with Crippen molar-refractivity contribution in [1.29, 1.82) is 0 Å². The molecule has 0 bridgehead atoms. The first kappa shape index (κ1) is 20.6. The first-order valence-electron chi connectivity index (χ1n) is 8.91. The molecule has 8 nitrogen and oxygen atoms in total. The molecule has 0 amide bonds. The van der Waals surface area contributed by atoms with Crippen molar-refractivity contribution in [3.8, 4) is 0 Å². The first-order chi connectivity index (χ1) is 13.3. The third kappa shape index (κ3) is 4.31. The van der Waals surface area contributed by atoms with Crippen molar-refractivity contribution in [3.63, 3.8) is 0 Å². The number of nitrogens with zero attached hydrogens (tertiary/aromatic N) is 1. The van der Waals surface area contributed by atoms with Crippen LogP contribution in [-0.2, 0) is 33.4 Å². The number of hydroxylamine groups is 2. The van der Waals surface area contributed by atoms with E-state index in [-0.39, 0.29) is 5.92 Å². The molecule has 0 spiro atoms. The molecule has 0 unspecified atom stereocenters. The molecule has 1 saturated heterocycles. The Morgan fingerprint density at radius 2 is 1.43 bits per heavy atom. The van der Waals surface area contributed by atoms with Gasteiger partial charge >= 0.3 is 17.9 Å². The molecule has 152 valence electrons. The summed E-state index contributed by atoms with van der Waals surface area (Å²) in [4.78, 5) is 42.1. The van der Waals surface area contributed by atoms with Gasteiger partial charge in [0.2, 0.25) is 0 Å². The van der Waals surface area contributed by atoms with Gasteiger partial charge in [0.1, 0.15) is 5.44 Å². The molecular formula is C19H23NO7S. The Morgan fingerprint density at radius 1 is 0.893 bits per heavy atom. The fourth-order valence-electron chi connectivity index (χ4n) is 3.81. The molecule has 2 aliphatic rings. The van der Waals surface area contributed by atoms with Crippen molar-refractivity contribution in [2.75, 3.05) is 7.05 Å². The number of hydrogen-bond acceptors (Lipinski definition) is 9. The van der Waals surface area contributed by atoms with Crippen LogP contribution >= 0.6 is 11.8 Å². The van der Waals surface area contributed by atoms with Crippen LogP contribution < -0.4 is 0 Å². The number of rotatable bonds is 5. The van der Waals surface area contributed by atoms with Gasteiger partial charge in [0, 0.05) is 32.7 Å². The minimum atomic E-state index is -0.912. The van der Waals surface area contributed by atoms with Crippen LogP contribution in [0.3, 0.4) is 0 Å². The van der Waals surface area contributed by atoms with Gasteiger partial charge in [-0.25, -0.2) is 0 Å². The lowest BCUT2D eigenvalue weighted by Crippen LogP contribution is -2.45. The summed E-state index contributed by atoms with van der Waals surface area (Å²) in [7, 11) is 1.72. The van der Waals surface area contributed by atoms with Crippen LogP contribution in [0.25, 0.3) is 0 Å². The number of thioether (sulfide) groups is 1. The van der Waals surface area contributed by atoms with Gasteiger partial charge in [-0.2, -0.15) is 5.06 Å². The Morgan fingerprint density at radius 3 is 2.00 bits per heavy atom. The highest BCUT2D eigenvalue weighted by Gasteiger charge is 2.64. The molecule has 1 aliphatic carbocycles. The summed E-state index contributed by atoms with van der Waals surface area (Å²) < 4.78 is 16.5. The van der Waals surface area contributed by atoms with Crippen molar-refractivity contribution in [1.82, 2.24) is 5.06 Å². The van der Waals surface area contributed by atoms with E-state index in [1.165, 1.54) is 32.5 Å². The second kappa shape index (κ2) is 8.50. The van der Waals surface area contributed by atoms with E-state index in [1.54, 1.807) is 12.1 Å². The third-order valence-electron chi connectivity index (χ3n) is 4.66. The largest absolute Gasteiger partial charge is 0.458 e. The van der Waals surface area contributed by atoms with Gasteiger partial charge in [-0.3, -0.25) is 19.2 Å². The van der Waals surface area contributed by atoms with E-state index in [2.05, 4.69) is 0 Å². The maximum atomic E-state index is 11.8. The minimum Gasteiger partial charge on any atom is -0.458 e. The number of benzene rings is 1. The Labute approximate surface area is 167 Å². The summed E-state index contributed by atoms with van der Waals surface area (Å²) in [6.45, 7) is 3.84. The smallest absolute Gasteiger partial charge is 0.303 e. The lowest BCUT2D eigenvalue weighted by Gasteiger charge is -2.29. The molecule has 1 aromatic carbocycles.